The fourth-order valence-electron chi connectivity index (χ4n) is 3.16. The summed E-state index contributed by atoms with van der Waals surface area (Å²) in [6, 6.07) is 0. The molecule has 126 valence electrons. The fraction of sp³-hybridized carbons (Fsp3) is 0.611. The van der Waals surface area contributed by atoms with Crippen LogP contribution in [-0.2, 0) is 25.7 Å². The summed E-state index contributed by atoms with van der Waals surface area (Å²) in [5.74, 6) is 0.546. The van der Waals surface area contributed by atoms with Gasteiger partial charge in [-0.25, -0.2) is 9.67 Å². The molecule has 5 heteroatoms. The molecular weight excluding hydrogens is 288 g/mol. The standard InChI is InChI=1S/C18H28N4O/c1-6-10-15-14(9-4)16(11-7-2)22(21-15)18-19-12(5)13(8-3)17(23)20-18/h6-11H2,1-5H3,(H,19,20,23). The van der Waals surface area contributed by atoms with Crippen LogP contribution in [0.4, 0.5) is 0 Å². The average Bonchev–Trinajstić information content (AvgIpc) is 2.85. The molecule has 0 aliphatic carbocycles. The van der Waals surface area contributed by atoms with Crippen molar-refractivity contribution in [3.05, 3.63) is 38.6 Å². The lowest BCUT2D eigenvalue weighted by Gasteiger charge is -2.09. The van der Waals surface area contributed by atoms with Crippen molar-refractivity contribution in [3.8, 4) is 5.95 Å². The lowest BCUT2D eigenvalue weighted by atomic mass is 10.0. The molecule has 2 aromatic rings. The second-order valence-corrected chi connectivity index (χ2v) is 5.94. The molecule has 0 radical (unpaired) electrons. The van der Waals surface area contributed by atoms with Gasteiger partial charge in [0.1, 0.15) is 0 Å². The lowest BCUT2D eigenvalue weighted by Crippen LogP contribution is -2.20. The maximum absolute atomic E-state index is 12.3. The van der Waals surface area contributed by atoms with Crippen molar-refractivity contribution in [2.75, 3.05) is 0 Å². The molecule has 0 atom stereocenters. The van der Waals surface area contributed by atoms with Crippen LogP contribution in [0.3, 0.4) is 0 Å². The van der Waals surface area contributed by atoms with E-state index in [9.17, 15) is 4.79 Å². The highest BCUT2D eigenvalue weighted by atomic mass is 16.1. The van der Waals surface area contributed by atoms with Crippen LogP contribution in [-0.4, -0.2) is 19.7 Å². The number of H-pyrrole nitrogens is 1. The van der Waals surface area contributed by atoms with Crippen molar-refractivity contribution >= 4 is 0 Å². The van der Waals surface area contributed by atoms with E-state index in [1.165, 1.54) is 11.3 Å². The van der Waals surface area contributed by atoms with Gasteiger partial charge in [-0.05, 0) is 38.2 Å². The van der Waals surface area contributed by atoms with Crippen LogP contribution in [0, 0.1) is 6.92 Å². The maximum atomic E-state index is 12.3. The van der Waals surface area contributed by atoms with Crippen LogP contribution < -0.4 is 5.56 Å². The Morgan fingerprint density at radius 1 is 1.00 bits per heavy atom. The number of nitrogens with zero attached hydrogens (tertiary/aromatic N) is 3. The minimum absolute atomic E-state index is 0.0527. The highest BCUT2D eigenvalue weighted by Crippen LogP contribution is 2.21. The first-order valence-electron chi connectivity index (χ1n) is 8.76. The van der Waals surface area contributed by atoms with E-state index in [1.54, 1.807) is 0 Å². The zero-order valence-corrected chi connectivity index (χ0v) is 15.0. The van der Waals surface area contributed by atoms with Crippen LogP contribution in [0.25, 0.3) is 5.95 Å². The van der Waals surface area contributed by atoms with Gasteiger partial charge in [-0.1, -0.05) is 40.5 Å². The molecule has 2 aromatic heterocycles. The van der Waals surface area contributed by atoms with Gasteiger partial charge in [0.25, 0.3) is 5.56 Å². The lowest BCUT2D eigenvalue weighted by molar-refractivity contribution is 0.708. The van der Waals surface area contributed by atoms with E-state index < -0.39 is 0 Å². The summed E-state index contributed by atoms with van der Waals surface area (Å²) in [5.41, 5.74) is 5.13. The van der Waals surface area contributed by atoms with Crippen molar-refractivity contribution in [2.24, 2.45) is 0 Å². The SMILES string of the molecule is CCCc1nn(-c2nc(C)c(CC)c(=O)[nH]2)c(CCC)c1CC. The van der Waals surface area contributed by atoms with E-state index in [0.29, 0.717) is 12.4 Å². The topological polar surface area (TPSA) is 63.6 Å². The number of nitrogens with one attached hydrogen (secondary N) is 1. The molecular formula is C18H28N4O. The van der Waals surface area contributed by atoms with Gasteiger partial charge in [0, 0.05) is 11.3 Å². The Hall–Kier alpha value is -1.91. The second-order valence-electron chi connectivity index (χ2n) is 5.94. The molecule has 0 aliphatic rings. The largest absolute Gasteiger partial charge is 0.291 e. The molecule has 0 bridgehead atoms. The number of hydrogen-bond donors (Lipinski definition) is 1. The van der Waals surface area contributed by atoms with E-state index in [-0.39, 0.29) is 5.56 Å². The van der Waals surface area contributed by atoms with E-state index in [0.717, 1.165) is 49.1 Å². The Bertz CT molecular complexity index is 727. The van der Waals surface area contributed by atoms with Crippen molar-refractivity contribution < 1.29 is 0 Å². The van der Waals surface area contributed by atoms with Crippen molar-refractivity contribution in [2.45, 2.75) is 73.1 Å². The Morgan fingerprint density at radius 2 is 1.65 bits per heavy atom. The molecule has 0 aromatic carbocycles. The number of aromatic amines is 1. The molecule has 2 heterocycles. The molecule has 0 saturated carbocycles. The van der Waals surface area contributed by atoms with Crippen LogP contribution in [0.5, 0.6) is 0 Å². The minimum Gasteiger partial charge on any atom is -0.291 e. The first kappa shape index (κ1) is 17.4. The van der Waals surface area contributed by atoms with Crippen LogP contribution in [0.15, 0.2) is 4.79 Å². The fourth-order valence-corrected chi connectivity index (χ4v) is 3.16. The highest BCUT2D eigenvalue weighted by Gasteiger charge is 2.18. The van der Waals surface area contributed by atoms with E-state index >= 15 is 0 Å². The molecule has 0 spiro atoms. The van der Waals surface area contributed by atoms with Gasteiger partial charge in [-0.2, -0.15) is 5.10 Å². The van der Waals surface area contributed by atoms with Gasteiger partial charge in [0.2, 0.25) is 5.95 Å². The quantitative estimate of drug-likeness (QED) is 0.852. The van der Waals surface area contributed by atoms with Crippen molar-refractivity contribution in [1.29, 1.82) is 0 Å². The predicted octanol–water partition coefficient (Wildman–Crippen LogP) is 3.29. The van der Waals surface area contributed by atoms with E-state index in [4.69, 9.17) is 5.10 Å². The minimum atomic E-state index is -0.0527. The van der Waals surface area contributed by atoms with Crippen molar-refractivity contribution in [3.63, 3.8) is 0 Å². The number of aryl methyl sites for hydroxylation is 2. The van der Waals surface area contributed by atoms with Gasteiger partial charge in [-0.15, -0.1) is 0 Å². The molecule has 0 fully saturated rings. The Morgan fingerprint density at radius 3 is 2.17 bits per heavy atom. The van der Waals surface area contributed by atoms with Crippen molar-refractivity contribution in [1.82, 2.24) is 19.7 Å². The maximum Gasteiger partial charge on any atom is 0.255 e. The van der Waals surface area contributed by atoms with Gasteiger partial charge in [0.15, 0.2) is 0 Å². The Kier molecular flexibility index (Phi) is 5.74. The number of rotatable bonds is 7. The molecule has 1 N–H and O–H groups in total. The summed E-state index contributed by atoms with van der Waals surface area (Å²) < 4.78 is 1.86. The van der Waals surface area contributed by atoms with Crippen LogP contribution in [0.2, 0.25) is 0 Å². The Balaban J connectivity index is 2.64. The van der Waals surface area contributed by atoms with E-state index in [2.05, 4.69) is 30.7 Å². The third kappa shape index (κ3) is 3.38. The first-order chi connectivity index (χ1) is 11.1. The predicted molar refractivity (Wildman–Crippen MR) is 93.5 cm³/mol. The molecule has 5 nitrogen and oxygen atoms in total. The summed E-state index contributed by atoms with van der Waals surface area (Å²) in [5, 5.41) is 4.78. The van der Waals surface area contributed by atoms with Gasteiger partial charge < -0.3 is 0 Å². The molecule has 0 aliphatic heterocycles. The number of hydrogen-bond acceptors (Lipinski definition) is 3. The average molecular weight is 316 g/mol. The number of aromatic nitrogens is 4. The van der Waals surface area contributed by atoms with Crippen LogP contribution >= 0.6 is 0 Å². The molecule has 23 heavy (non-hydrogen) atoms. The monoisotopic (exact) mass is 316 g/mol. The highest BCUT2D eigenvalue weighted by molar-refractivity contribution is 5.32. The van der Waals surface area contributed by atoms with Gasteiger partial charge in [-0.3, -0.25) is 9.78 Å². The van der Waals surface area contributed by atoms with Crippen LogP contribution in [0.1, 0.15) is 68.7 Å². The molecule has 2 rings (SSSR count). The zero-order chi connectivity index (χ0) is 17.0. The normalized spacial score (nSPS) is 11.2. The second kappa shape index (κ2) is 7.57. The molecule has 0 saturated heterocycles. The molecule has 0 amide bonds. The third-order valence-electron chi connectivity index (χ3n) is 4.26. The summed E-state index contributed by atoms with van der Waals surface area (Å²) in [7, 11) is 0. The summed E-state index contributed by atoms with van der Waals surface area (Å²) >= 11 is 0. The third-order valence-corrected chi connectivity index (χ3v) is 4.26. The van der Waals surface area contributed by atoms with Gasteiger partial charge >= 0.3 is 0 Å². The molecule has 0 unspecified atom stereocenters. The smallest absolute Gasteiger partial charge is 0.255 e. The Labute approximate surface area is 138 Å². The summed E-state index contributed by atoms with van der Waals surface area (Å²) in [6.45, 7) is 10.4. The zero-order valence-electron chi connectivity index (χ0n) is 15.0. The van der Waals surface area contributed by atoms with E-state index in [1.807, 2.05) is 18.5 Å². The summed E-state index contributed by atoms with van der Waals surface area (Å²) in [4.78, 5) is 19.8. The summed E-state index contributed by atoms with van der Waals surface area (Å²) in [6.07, 6.45) is 5.66. The van der Waals surface area contributed by atoms with Gasteiger partial charge in [0.05, 0.1) is 11.4 Å². The first-order valence-corrected chi connectivity index (χ1v) is 8.76.